The van der Waals surface area contributed by atoms with E-state index in [-0.39, 0.29) is 17.1 Å². The summed E-state index contributed by atoms with van der Waals surface area (Å²) < 4.78 is 28.6. The summed E-state index contributed by atoms with van der Waals surface area (Å²) in [6.45, 7) is 7.72. The maximum Gasteiger partial charge on any atom is 0.238 e. The van der Waals surface area contributed by atoms with Crippen LogP contribution in [0.5, 0.6) is 0 Å². The highest BCUT2D eigenvalue weighted by molar-refractivity contribution is 6.30. The molecule has 1 aliphatic heterocycles. The fourth-order valence-corrected chi connectivity index (χ4v) is 5.37. The van der Waals surface area contributed by atoms with Crippen molar-refractivity contribution in [3.8, 4) is 0 Å². The maximum atomic E-state index is 14.4. The molecule has 194 valence electrons. The summed E-state index contributed by atoms with van der Waals surface area (Å²) in [6, 6.07) is 6.89. The third-order valence-electron chi connectivity index (χ3n) is 6.75. The van der Waals surface area contributed by atoms with Crippen LogP contribution >= 0.6 is 11.6 Å². The minimum absolute atomic E-state index is 0.154. The Labute approximate surface area is 214 Å². The molecule has 1 heterocycles. The molecule has 1 fully saturated rings. The lowest BCUT2D eigenvalue weighted by atomic mass is 9.77. The van der Waals surface area contributed by atoms with Gasteiger partial charge in [0, 0.05) is 28.9 Å². The molecule has 2 aromatic rings. The molecule has 2 aliphatic rings. The summed E-state index contributed by atoms with van der Waals surface area (Å²) in [6.07, 6.45) is 1.28. The van der Waals surface area contributed by atoms with Gasteiger partial charge in [0.25, 0.3) is 0 Å². The Morgan fingerprint density at radius 3 is 2.47 bits per heavy atom. The van der Waals surface area contributed by atoms with Crippen LogP contribution in [-0.4, -0.2) is 34.6 Å². The Morgan fingerprint density at radius 1 is 1.19 bits per heavy atom. The van der Waals surface area contributed by atoms with E-state index in [0.717, 1.165) is 12.1 Å². The number of carbonyl (C=O) groups is 2. The van der Waals surface area contributed by atoms with Crippen molar-refractivity contribution < 1.29 is 23.5 Å². The van der Waals surface area contributed by atoms with Gasteiger partial charge in [0.2, 0.25) is 11.8 Å². The molecular weight excluding hydrogens is 488 g/mol. The van der Waals surface area contributed by atoms with Gasteiger partial charge in [0.15, 0.2) is 11.6 Å². The van der Waals surface area contributed by atoms with Gasteiger partial charge in [-0.25, -0.2) is 8.78 Å². The first-order valence-corrected chi connectivity index (χ1v) is 12.4. The number of fused-ring (bicyclic) bond motifs is 1. The first kappa shape index (κ1) is 26.5. The average Bonchev–Trinajstić information content (AvgIpc) is 2.72. The number of halogens is 3. The average molecular weight is 520 g/mol. The van der Waals surface area contributed by atoms with Gasteiger partial charge >= 0.3 is 0 Å². The van der Waals surface area contributed by atoms with Crippen LogP contribution in [0.2, 0.25) is 5.02 Å². The second-order valence-electron chi connectivity index (χ2n) is 11.4. The monoisotopic (exact) mass is 519 g/mol. The first-order chi connectivity index (χ1) is 16.7. The van der Waals surface area contributed by atoms with E-state index in [1.54, 1.807) is 31.2 Å². The predicted molar refractivity (Wildman–Crippen MR) is 135 cm³/mol. The van der Waals surface area contributed by atoms with Crippen LogP contribution in [0.25, 0.3) is 0 Å². The van der Waals surface area contributed by atoms with E-state index in [0.29, 0.717) is 35.4 Å². The molecule has 1 aliphatic carbocycles. The van der Waals surface area contributed by atoms with Gasteiger partial charge in [0.1, 0.15) is 6.04 Å². The molecular formula is C27H32ClF2N3O3. The number of aliphatic hydroxyl groups is 1. The molecule has 0 bridgehead atoms. The van der Waals surface area contributed by atoms with Crippen molar-refractivity contribution in [1.29, 1.82) is 0 Å². The zero-order valence-electron chi connectivity index (χ0n) is 20.8. The summed E-state index contributed by atoms with van der Waals surface area (Å²) in [7, 11) is 0. The van der Waals surface area contributed by atoms with E-state index in [1.807, 2.05) is 20.8 Å². The van der Waals surface area contributed by atoms with Crippen LogP contribution in [0.4, 0.5) is 14.5 Å². The fourth-order valence-electron chi connectivity index (χ4n) is 5.17. The van der Waals surface area contributed by atoms with Crippen LogP contribution < -0.4 is 16.0 Å². The molecule has 2 aromatic carbocycles. The maximum absolute atomic E-state index is 14.4. The number of rotatable bonds is 4. The van der Waals surface area contributed by atoms with Crippen molar-refractivity contribution in [3.63, 3.8) is 0 Å². The SMILES string of the molecule is CC(C)(C)CC1N[C@@H](C(=O)N[C@H]2C[C@@](C)(O)C2)[C@H](c2cccc(Cl)c2)C(=O)Nc2cc(F)c(F)cc21. The van der Waals surface area contributed by atoms with Crippen LogP contribution in [0, 0.1) is 17.0 Å². The van der Waals surface area contributed by atoms with Crippen molar-refractivity contribution >= 4 is 29.1 Å². The number of hydrogen-bond acceptors (Lipinski definition) is 4. The van der Waals surface area contributed by atoms with Gasteiger partial charge in [-0.1, -0.05) is 44.5 Å². The summed E-state index contributed by atoms with van der Waals surface area (Å²) in [5, 5.41) is 19.5. The van der Waals surface area contributed by atoms with Crippen LogP contribution in [0.15, 0.2) is 36.4 Å². The molecule has 0 aromatic heterocycles. The summed E-state index contributed by atoms with van der Waals surface area (Å²) in [5.41, 5.74) is -0.0605. The largest absolute Gasteiger partial charge is 0.390 e. The second kappa shape index (κ2) is 9.72. The number of carbonyl (C=O) groups excluding carboxylic acids is 2. The molecule has 1 saturated carbocycles. The summed E-state index contributed by atoms with van der Waals surface area (Å²) >= 11 is 6.22. The highest BCUT2D eigenvalue weighted by atomic mass is 35.5. The van der Waals surface area contributed by atoms with Crippen LogP contribution in [-0.2, 0) is 9.59 Å². The second-order valence-corrected chi connectivity index (χ2v) is 11.9. The van der Waals surface area contributed by atoms with Crippen molar-refractivity contribution in [2.24, 2.45) is 5.41 Å². The third-order valence-corrected chi connectivity index (χ3v) is 6.98. The van der Waals surface area contributed by atoms with Crippen molar-refractivity contribution in [2.75, 3.05) is 5.32 Å². The lowest BCUT2D eigenvalue weighted by molar-refractivity contribution is -0.131. The highest BCUT2D eigenvalue weighted by Crippen LogP contribution is 2.39. The fraction of sp³-hybridized carbons (Fsp3) is 0.481. The van der Waals surface area contributed by atoms with E-state index in [1.165, 1.54) is 0 Å². The molecule has 4 N–H and O–H groups in total. The zero-order chi connectivity index (χ0) is 26.4. The number of amides is 2. The van der Waals surface area contributed by atoms with Gasteiger partial charge in [-0.05, 0) is 60.9 Å². The Bertz CT molecular complexity index is 1170. The number of hydrogen-bond donors (Lipinski definition) is 4. The summed E-state index contributed by atoms with van der Waals surface area (Å²) in [4.78, 5) is 27.2. The molecule has 0 spiro atoms. The Balaban J connectivity index is 1.80. The molecule has 0 saturated heterocycles. The van der Waals surface area contributed by atoms with Crippen LogP contribution in [0.3, 0.4) is 0 Å². The molecule has 4 rings (SSSR count). The smallest absolute Gasteiger partial charge is 0.238 e. The van der Waals surface area contributed by atoms with E-state index in [2.05, 4.69) is 16.0 Å². The Morgan fingerprint density at radius 2 is 1.86 bits per heavy atom. The zero-order valence-corrected chi connectivity index (χ0v) is 21.5. The van der Waals surface area contributed by atoms with Gasteiger partial charge in [-0.15, -0.1) is 0 Å². The van der Waals surface area contributed by atoms with E-state index < -0.39 is 47.1 Å². The minimum atomic E-state index is -1.07. The van der Waals surface area contributed by atoms with Crippen molar-refractivity contribution in [2.45, 2.75) is 76.6 Å². The number of benzene rings is 2. The third kappa shape index (κ3) is 5.88. The quantitative estimate of drug-likeness (QED) is 0.466. The first-order valence-electron chi connectivity index (χ1n) is 12.1. The van der Waals surface area contributed by atoms with Gasteiger partial charge < -0.3 is 15.7 Å². The molecule has 36 heavy (non-hydrogen) atoms. The van der Waals surface area contributed by atoms with Gasteiger partial charge in [-0.2, -0.15) is 0 Å². The standard InChI is InChI=1S/C27H32ClF2N3O3/c1-26(2,3)13-21-17-9-18(29)19(30)10-20(17)33-24(34)22(14-6-5-7-15(28)8-14)23(32-21)25(35)31-16-11-27(4,36)12-16/h5-10,16,21-23,32,36H,11-13H2,1-4H3,(H,31,35)(H,33,34)/t16-,21?,22-,23+,27+/m0/s1. The highest BCUT2D eigenvalue weighted by Gasteiger charge is 2.44. The number of anilines is 1. The lowest BCUT2D eigenvalue weighted by Crippen LogP contribution is -2.59. The van der Waals surface area contributed by atoms with Crippen molar-refractivity contribution in [3.05, 3.63) is 64.2 Å². The van der Waals surface area contributed by atoms with Crippen LogP contribution in [0.1, 0.15) is 70.0 Å². The Hall–Kier alpha value is -2.55. The van der Waals surface area contributed by atoms with Gasteiger partial charge in [-0.3, -0.25) is 14.9 Å². The number of nitrogens with one attached hydrogen (secondary N) is 3. The molecule has 2 amide bonds. The van der Waals surface area contributed by atoms with E-state index in [9.17, 15) is 23.5 Å². The molecule has 0 radical (unpaired) electrons. The van der Waals surface area contributed by atoms with E-state index >= 15 is 0 Å². The minimum Gasteiger partial charge on any atom is -0.390 e. The summed E-state index contributed by atoms with van der Waals surface area (Å²) in [5.74, 6) is -4.08. The lowest BCUT2D eigenvalue weighted by Gasteiger charge is -2.43. The van der Waals surface area contributed by atoms with Gasteiger partial charge in [0.05, 0.1) is 11.5 Å². The topological polar surface area (TPSA) is 90.5 Å². The normalized spacial score (nSPS) is 28.3. The Kier molecular flexibility index (Phi) is 7.16. The van der Waals surface area contributed by atoms with E-state index in [4.69, 9.17) is 11.6 Å². The predicted octanol–water partition coefficient (Wildman–Crippen LogP) is 4.82. The molecule has 6 nitrogen and oxygen atoms in total. The molecule has 9 heteroatoms. The molecule has 1 unspecified atom stereocenters. The molecule has 3 atom stereocenters. The van der Waals surface area contributed by atoms with Crippen molar-refractivity contribution in [1.82, 2.24) is 10.6 Å².